The number of carbonyl (C=O) groups is 1. The molecule has 29 heavy (non-hydrogen) atoms. The standard InChI is InChI=1S/C19H20F3N3O3S/c1-14(26)16-5-2-4-15(12-16)13-29(27,28)25-10-8-24(9-11-25)18-17(19(20,21)22)6-3-7-23-18/h2-7,12H,8-11,13H2,1H3. The lowest BCUT2D eigenvalue weighted by molar-refractivity contribution is -0.137. The second kappa shape index (κ2) is 8.11. The van der Waals surface area contributed by atoms with Gasteiger partial charge in [0.05, 0.1) is 11.3 Å². The number of ketones is 1. The zero-order valence-electron chi connectivity index (χ0n) is 15.7. The van der Waals surface area contributed by atoms with Gasteiger partial charge in [0.15, 0.2) is 5.78 Å². The summed E-state index contributed by atoms with van der Waals surface area (Å²) in [6.45, 7) is 1.73. The molecule has 6 nitrogen and oxygen atoms in total. The number of rotatable bonds is 5. The first-order valence-corrected chi connectivity index (χ1v) is 10.5. The third-order valence-corrected chi connectivity index (χ3v) is 6.56. The van der Waals surface area contributed by atoms with Gasteiger partial charge in [0.25, 0.3) is 0 Å². The Morgan fingerprint density at radius 2 is 1.79 bits per heavy atom. The fourth-order valence-electron chi connectivity index (χ4n) is 3.23. The Hall–Kier alpha value is -2.46. The molecule has 1 saturated heterocycles. The molecule has 1 aromatic carbocycles. The number of hydrogen-bond acceptors (Lipinski definition) is 5. The van der Waals surface area contributed by atoms with E-state index >= 15 is 0 Å². The number of piperazine rings is 1. The molecular weight excluding hydrogens is 407 g/mol. The second-order valence-electron chi connectivity index (χ2n) is 6.77. The van der Waals surface area contributed by atoms with Gasteiger partial charge in [-0.1, -0.05) is 18.2 Å². The van der Waals surface area contributed by atoms with Gasteiger partial charge in [-0.05, 0) is 30.7 Å². The molecule has 1 fully saturated rings. The van der Waals surface area contributed by atoms with Crippen LogP contribution in [0.25, 0.3) is 0 Å². The van der Waals surface area contributed by atoms with E-state index in [0.29, 0.717) is 11.1 Å². The minimum Gasteiger partial charge on any atom is -0.353 e. The first kappa shape index (κ1) is 21.3. The molecule has 1 aromatic heterocycles. The van der Waals surface area contributed by atoms with Crippen molar-refractivity contribution in [3.8, 4) is 0 Å². The molecule has 0 aliphatic carbocycles. The highest BCUT2D eigenvalue weighted by molar-refractivity contribution is 7.88. The summed E-state index contributed by atoms with van der Waals surface area (Å²) in [5.74, 6) is -0.620. The number of sulfonamides is 1. The van der Waals surface area contributed by atoms with Crippen molar-refractivity contribution in [1.29, 1.82) is 0 Å². The molecule has 156 valence electrons. The summed E-state index contributed by atoms with van der Waals surface area (Å²) in [6.07, 6.45) is -3.25. The molecule has 0 radical (unpaired) electrons. The van der Waals surface area contributed by atoms with Gasteiger partial charge in [-0.15, -0.1) is 0 Å². The number of alkyl halides is 3. The van der Waals surface area contributed by atoms with Crippen LogP contribution in [0.15, 0.2) is 42.6 Å². The van der Waals surface area contributed by atoms with Gasteiger partial charge < -0.3 is 4.90 Å². The van der Waals surface area contributed by atoms with Crippen LogP contribution >= 0.6 is 0 Å². The van der Waals surface area contributed by atoms with E-state index in [9.17, 15) is 26.4 Å². The topological polar surface area (TPSA) is 70.6 Å². The Balaban J connectivity index is 1.71. The number of hydrogen-bond donors (Lipinski definition) is 0. The van der Waals surface area contributed by atoms with Crippen molar-refractivity contribution in [1.82, 2.24) is 9.29 Å². The Labute approximate surface area is 167 Å². The van der Waals surface area contributed by atoms with Gasteiger partial charge in [-0.25, -0.2) is 13.4 Å². The number of Topliss-reactive ketones (excluding diaryl/α,β-unsaturated/α-hetero) is 1. The number of aromatic nitrogens is 1. The lowest BCUT2D eigenvalue weighted by atomic mass is 10.1. The number of halogens is 3. The Morgan fingerprint density at radius 1 is 1.10 bits per heavy atom. The van der Waals surface area contributed by atoms with Crippen molar-refractivity contribution >= 4 is 21.6 Å². The van der Waals surface area contributed by atoms with Crippen LogP contribution in [-0.2, 0) is 22.0 Å². The number of anilines is 1. The first-order valence-electron chi connectivity index (χ1n) is 8.93. The van der Waals surface area contributed by atoms with Gasteiger partial charge in [0.1, 0.15) is 5.82 Å². The summed E-state index contributed by atoms with van der Waals surface area (Å²) in [7, 11) is -3.67. The molecule has 0 spiro atoms. The van der Waals surface area contributed by atoms with Crippen LogP contribution < -0.4 is 4.90 Å². The predicted octanol–water partition coefficient (Wildman–Crippen LogP) is 2.96. The minimum absolute atomic E-state index is 0.0581. The molecule has 1 aliphatic heterocycles. The number of carbonyl (C=O) groups excluding carboxylic acids is 1. The van der Waals surface area contributed by atoms with Crippen LogP contribution in [-0.4, -0.2) is 49.7 Å². The van der Waals surface area contributed by atoms with Crippen molar-refractivity contribution in [2.75, 3.05) is 31.1 Å². The molecule has 0 unspecified atom stereocenters. The van der Waals surface area contributed by atoms with E-state index in [0.717, 1.165) is 6.07 Å². The third-order valence-electron chi connectivity index (χ3n) is 4.71. The molecule has 3 rings (SSSR count). The van der Waals surface area contributed by atoms with Crippen molar-refractivity contribution in [3.63, 3.8) is 0 Å². The Morgan fingerprint density at radius 3 is 2.41 bits per heavy atom. The minimum atomic E-state index is -4.53. The highest BCUT2D eigenvalue weighted by atomic mass is 32.2. The maximum Gasteiger partial charge on any atom is 0.419 e. The largest absolute Gasteiger partial charge is 0.419 e. The monoisotopic (exact) mass is 427 g/mol. The van der Waals surface area contributed by atoms with Gasteiger partial charge >= 0.3 is 6.18 Å². The summed E-state index contributed by atoms with van der Waals surface area (Å²) in [5.41, 5.74) is 0.0823. The first-order chi connectivity index (χ1) is 13.6. The van der Waals surface area contributed by atoms with E-state index < -0.39 is 21.8 Å². The molecule has 0 saturated carbocycles. The highest BCUT2D eigenvalue weighted by Gasteiger charge is 2.37. The fourth-order valence-corrected chi connectivity index (χ4v) is 4.73. The molecule has 2 aromatic rings. The maximum absolute atomic E-state index is 13.2. The van der Waals surface area contributed by atoms with Gasteiger partial charge in [-0.2, -0.15) is 17.5 Å². The zero-order valence-corrected chi connectivity index (χ0v) is 16.5. The van der Waals surface area contributed by atoms with E-state index in [4.69, 9.17) is 0 Å². The van der Waals surface area contributed by atoms with E-state index in [-0.39, 0.29) is 43.5 Å². The fraction of sp³-hybridized carbons (Fsp3) is 0.368. The average molecular weight is 427 g/mol. The van der Waals surface area contributed by atoms with Crippen LogP contribution in [0, 0.1) is 0 Å². The van der Waals surface area contributed by atoms with Gasteiger partial charge in [0.2, 0.25) is 10.0 Å². The lowest BCUT2D eigenvalue weighted by Crippen LogP contribution is -2.49. The van der Waals surface area contributed by atoms with Gasteiger partial charge in [0, 0.05) is 37.9 Å². The van der Waals surface area contributed by atoms with Crippen LogP contribution in [0.1, 0.15) is 28.4 Å². The lowest BCUT2D eigenvalue weighted by Gasteiger charge is -2.35. The van der Waals surface area contributed by atoms with Crippen molar-refractivity contribution in [3.05, 3.63) is 59.3 Å². The smallest absolute Gasteiger partial charge is 0.353 e. The molecule has 0 amide bonds. The molecule has 0 atom stereocenters. The molecule has 2 heterocycles. The van der Waals surface area contributed by atoms with E-state index in [1.807, 2.05) is 0 Å². The van der Waals surface area contributed by atoms with Crippen molar-refractivity contribution in [2.45, 2.75) is 18.9 Å². The quantitative estimate of drug-likeness (QED) is 0.687. The molecule has 10 heteroatoms. The predicted molar refractivity (Wildman–Crippen MR) is 102 cm³/mol. The Bertz CT molecular complexity index is 1000. The van der Waals surface area contributed by atoms with Crippen LogP contribution in [0.3, 0.4) is 0 Å². The number of nitrogens with zero attached hydrogens (tertiary/aromatic N) is 3. The van der Waals surface area contributed by atoms with E-state index in [1.165, 1.54) is 28.4 Å². The number of benzene rings is 1. The maximum atomic E-state index is 13.2. The summed E-state index contributed by atoms with van der Waals surface area (Å²) in [6, 6.07) is 8.60. The Kier molecular flexibility index (Phi) is 5.95. The molecule has 1 aliphatic rings. The van der Waals surface area contributed by atoms with Crippen molar-refractivity contribution in [2.24, 2.45) is 0 Å². The summed E-state index contributed by atoms with van der Waals surface area (Å²) in [4.78, 5) is 16.8. The number of pyridine rings is 1. The molecular formula is C19H20F3N3O3S. The SMILES string of the molecule is CC(=O)c1cccc(CS(=O)(=O)N2CCN(c3ncccc3C(F)(F)F)CC2)c1. The van der Waals surface area contributed by atoms with E-state index in [2.05, 4.69) is 4.98 Å². The van der Waals surface area contributed by atoms with Crippen LogP contribution in [0.5, 0.6) is 0 Å². The molecule has 0 bridgehead atoms. The highest BCUT2D eigenvalue weighted by Crippen LogP contribution is 2.35. The van der Waals surface area contributed by atoms with Gasteiger partial charge in [-0.3, -0.25) is 4.79 Å². The second-order valence-corrected chi connectivity index (χ2v) is 8.74. The summed E-state index contributed by atoms with van der Waals surface area (Å²) in [5, 5.41) is 0. The zero-order chi connectivity index (χ0) is 21.2. The third kappa shape index (κ3) is 4.94. The molecule has 0 N–H and O–H groups in total. The van der Waals surface area contributed by atoms with Crippen LogP contribution in [0.2, 0.25) is 0 Å². The normalized spacial score (nSPS) is 16.1. The summed E-state index contributed by atoms with van der Waals surface area (Å²) >= 11 is 0. The van der Waals surface area contributed by atoms with Crippen molar-refractivity contribution < 1.29 is 26.4 Å². The average Bonchev–Trinajstić information content (AvgIpc) is 2.67. The summed E-state index contributed by atoms with van der Waals surface area (Å²) < 4.78 is 66.3. The van der Waals surface area contributed by atoms with E-state index in [1.54, 1.807) is 24.3 Å². The van der Waals surface area contributed by atoms with Crippen LogP contribution in [0.4, 0.5) is 19.0 Å².